The van der Waals surface area contributed by atoms with Gasteiger partial charge in [-0.2, -0.15) is 0 Å². The normalized spacial score (nSPS) is 10.4. The zero-order valence-electron chi connectivity index (χ0n) is 9.44. The summed E-state index contributed by atoms with van der Waals surface area (Å²) in [4.78, 5) is 20.5. The molecule has 1 heterocycles. The van der Waals surface area contributed by atoms with Crippen molar-refractivity contribution in [3.63, 3.8) is 0 Å². The second-order valence-electron chi connectivity index (χ2n) is 3.67. The van der Waals surface area contributed by atoms with Crippen LogP contribution in [0.5, 0.6) is 5.75 Å². The van der Waals surface area contributed by atoms with Crippen LogP contribution in [0.15, 0.2) is 18.5 Å². The highest BCUT2D eigenvalue weighted by Crippen LogP contribution is 2.24. The molecule has 0 spiro atoms. The first-order valence-corrected chi connectivity index (χ1v) is 4.86. The van der Waals surface area contributed by atoms with Crippen LogP contribution in [-0.2, 0) is 0 Å². The summed E-state index contributed by atoms with van der Waals surface area (Å²) < 4.78 is 5.20. The van der Waals surface area contributed by atoms with E-state index in [1.165, 1.54) is 4.90 Å². The fraction of sp³-hybridized carbons (Fsp3) is 0.273. The summed E-state index contributed by atoms with van der Waals surface area (Å²) in [6, 6.07) is 3.51. The molecule has 5 nitrogen and oxygen atoms in total. The molecule has 0 aliphatic rings. The van der Waals surface area contributed by atoms with Crippen LogP contribution < -0.4 is 4.74 Å². The predicted molar refractivity (Wildman–Crippen MR) is 60.7 cm³/mol. The van der Waals surface area contributed by atoms with E-state index in [1.54, 1.807) is 39.7 Å². The van der Waals surface area contributed by atoms with E-state index < -0.39 is 0 Å². The van der Waals surface area contributed by atoms with Crippen LogP contribution >= 0.6 is 0 Å². The van der Waals surface area contributed by atoms with Gasteiger partial charge >= 0.3 is 0 Å². The Kier molecular flexibility index (Phi) is 2.52. The van der Waals surface area contributed by atoms with Crippen LogP contribution in [0.25, 0.3) is 11.0 Å². The third-order valence-corrected chi connectivity index (χ3v) is 2.38. The van der Waals surface area contributed by atoms with Gasteiger partial charge in [0.15, 0.2) is 0 Å². The van der Waals surface area contributed by atoms with Crippen molar-refractivity contribution in [2.24, 2.45) is 0 Å². The molecule has 2 rings (SSSR count). The highest BCUT2D eigenvalue weighted by atomic mass is 16.5. The van der Waals surface area contributed by atoms with Gasteiger partial charge in [-0.1, -0.05) is 0 Å². The van der Waals surface area contributed by atoms with E-state index in [0.29, 0.717) is 11.3 Å². The van der Waals surface area contributed by atoms with Gasteiger partial charge in [-0.05, 0) is 6.07 Å². The fourth-order valence-corrected chi connectivity index (χ4v) is 1.54. The Morgan fingerprint density at radius 3 is 2.81 bits per heavy atom. The monoisotopic (exact) mass is 219 g/mol. The molecule has 2 aromatic rings. The van der Waals surface area contributed by atoms with Crippen molar-refractivity contribution in [2.75, 3.05) is 21.2 Å². The highest BCUT2D eigenvalue weighted by Gasteiger charge is 2.15. The third kappa shape index (κ3) is 1.60. The average Bonchev–Trinajstić information content (AvgIpc) is 2.72. The second-order valence-corrected chi connectivity index (χ2v) is 3.67. The molecule has 0 aliphatic carbocycles. The van der Waals surface area contributed by atoms with Gasteiger partial charge in [0.05, 0.1) is 30.0 Å². The fourth-order valence-electron chi connectivity index (χ4n) is 1.54. The summed E-state index contributed by atoms with van der Waals surface area (Å²) in [5.41, 5.74) is 2.13. The number of ether oxygens (including phenoxy) is 1. The lowest BCUT2D eigenvalue weighted by atomic mass is 10.1. The maximum atomic E-state index is 11.9. The van der Waals surface area contributed by atoms with E-state index in [-0.39, 0.29) is 5.91 Å². The first kappa shape index (κ1) is 10.5. The molecule has 5 heteroatoms. The molecular weight excluding hydrogens is 206 g/mol. The molecule has 0 radical (unpaired) electrons. The molecule has 0 aliphatic heterocycles. The van der Waals surface area contributed by atoms with Crippen LogP contribution in [0.1, 0.15) is 10.4 Å². The molecule has 1 aromatic heterocycles. The molecule has 1 N–H and O–H groups in total. The molecule has 16 heavy (non-hydrogen) atoms. The van der Waals surface area contributed by atoms with Gasteiger partial charge in [-0.15, -0.1) is 0 Å². The molecule has 0 fully saturated rings. The average molecular weight is 219 g/mol. The number of nitrogens with one attached hydrogen (secondary N) is 1. The van der Waals surface area contributed by atoms with E-state index in [4.69, 9.17) is 4.74 Å². The van der Waals surface area contributed by atoms with E-state index in [9.17, 15) is 4.79 Å². The van der Waals surface area contributed by atoms with E-state index >= 15 is 0 Å². The maximum absolute atomic E-state index is 11.9. The minimum atomic E-state index is -0.0956. The summed E-state index contributed by atoms with van der Waals surface area (Å²) in [5, 5.41) is 0. The lowest BCUT2D eigenvalue weighted by Crippen LogP contribution is -2.22. The van der Waals surface area contributed by atoms with Crippen LogP contribution in [0.2, 0.25) is 0 Å². The Labute approximate surface area is 93.0 Å². The molecule has 0 unspecified atom stereocenters. The zero-order chi connectivity index (χ0) is 11.7. The maximum Gasteiger partial charge on any atom is 0.257 e. The van der Waals surface area contributed by atoms with E-state index in [0.717, 1.165) is 11.0 Å². The number of nitrogens with zero attached hydrogens (tertiary/aromatic N) is 2. The zero-order valence-corrected chi connectivity index (χ0v) is 9.44. The number of aromatic nitrogens is 2. The Hall–Kier alpha value is -2.04. The minimum absolute atomic E-state index is 0.0956. The molecule has 84 valence electrons. The van der Waals surface area contributed by atoms with Gasteiger partial charge in [0, 0.05) is 20.2 Å². The highest BCUT2D eigenvalue weighted by molar-refractivity contribution is 6.00. The summed E-state index contributed by atoms with van der Waals surface area (Å²) in [6.07, 6.45) is 1.59. The van der Waals surface area contributed by atoms with Gasteiger partial charge in [0.2, 0.25) is 0 Å². The minimum Gasteiger partial charge on any atom is -0.496 e. The van der Waals surface area contributed by atoms with Crippen LogP contribution in [-0.4, -0.2) is 42.0 Å². The Morgan fingerprint density at radius 2 is 2.19 bits per heavy atom. The number of methoxy groups -OCH3 is 1. The molecule has 1 amide bonds. The molecule has 0 atom stereocenters. The molecule has 0 saturated heterocycles. The number of carbonyl (C=O) groups excluding carboxylic acids is 1. The number of aromatic amines is 1. The first-order valence-electron chi connectivity index (χ1n) is 4.86. The van der Waals surface area contributed by atoms with Crippen molar-refractivity contribution in [1.82, 2.24) is 14.9 Å². The summed E-state index contributed by atoms with van der Waals surface area (Å²) in [6.45, 7) is 0. The number of hydrogen-bond acceptors (Lipinski definition) is 3. The van der Waals surface area contributed by atoms with Crippen molar-refractivity contribution in [1.29, 1.82) is 0 Å². The number of amides is 1. The lowest BCUT2D eigenvalue weighted by molar-refractivity contribution is 0.0824. The smallest absolute Gasteiger partial charge is 0.257 e. The summed E-state index contributed by atoms with van der Waals surface area (Å²) >= 11 is 0. The Balaban J connectivity index is 2.61. The SMILES string of the molecule is COc1cc2[nH]cnc2cc1C(=O)N(C)C. The quantitative estimate of drug-likeness (QED) is 0.827. The number of H-pyrrole nitrogens is 1. The van der Waals surface area contributed by atoms with Crippen molar-refractivity contribution in [3.05, 3.63) is 24.0 Å². The standard InChI is InChI=1S/C11H13N3O2/c1-14(2)11(15)7-4-8-9(13-6-12-8)5-10(7)16-3/h4-6H,1-3H3,(H,12,13). The number of hydrogen-bond donors (Lipinski definition) is 1. The van der Waals surface area contributed by atoms with Crippen LogP contribution in [0.3, 0.4) is 0 Å². The third-order valence-electron chi connectivity index (χ3n) is 2.38. The van der Waals surface area contributed by atoms with Crippen LogP contribution in [0, 0.1) is 0 Å². The Morgan fingerprint density at radius 1 is 1.44 bits per heavy atom. The van der Waals surface area contributed by atoms with Gasteiger partial charge in [0.1, 0.15) is 5.75 Å². The van der Waals surface area contributed by atoms with Gasteiger partial charge in [0.25, 0.3) is 5.91 Å². The summed E-state index contributed by atoms with van der Waals surface area (Å²) in [7, 11) is 4.96. The second kappa shape index (κ2) is 3.84. The van der Waals surface area contributed by atoms with Crippen molar-refractivity contribution >= 4 is 16.9 Å². The lowest BCUT2D eigenvalue weighted by Gasteiger charge is -2.13. The molecule has 0 bridgehead atoms. The number of fused-ring (bicyclic) bond motifs is 1. The number of rotatable bonds is 2. The predicted octanol–water partition coefficient (Wildman–Crippen LogP) is 1.27. The Bertz CT molecular complexity index is 531. The largest absolute Gasteiger partial charge is 0.496 e. The summed E-state index contributed by atoms with van der Waals surface area (Å²) in [5.74, 6) is 0.456. The van der Waals surface area contributed by atoms with Gasteiger partial charge in [-0.3, -0.25) is 4.79 Å². The topological polar surface area (TPSA) is 58.2 Å². The molecule has 1 aromatic carbocycles. The van der Waals surface area contributed by atoms with Crippen molar-refractivity contribution in [2.45, 2.75) is 0 Å². The van der Waals surface area contributed by atoms with E-state index in [1.807, 2.05) is 0 Å². The van der Waals surface area contributed by atoms with Crippen LogP contribution in [0.4, 0.5) is 0 Å². The van der Waals surface area contributed by atoms with Gasteiger partial charge < -0.3 is 14.6 Å². The number of carbonyl (C=O) groups is 1. The van der Waals surface area contributed by atoms with Crippen molar-refractivity contribution in [3.8, 4) is 5.75 Å². The van der Waals surface area contributed by atoms with E-state index in [2.05, 4.69) is 9.97 Å². The number of imidazole rings is 1. The first-order chi connectivity index (χ1) is 7.63. The number of benzene rings is 1. The molecular formula is C11H13N3O2. The molecule has 0 saturated carbocycles. The van der Waals surface area contributed by atoms with Gasteiger partial charge in [-0.25, -0.2) is 4.98 Å². The van der Waals surface area contributed by atoms with Crippen molar-refractivity contribution < 1.29 is 9.53 Å².